The molecule has 1 aliphatic rings. The smallest absolute Gasteiger partial charge is 0.262 e. The molecule has 1 aromatic rings. The molecule has 0 saturated heterocycles. The van der Waals surface area contributed by atoms with Crippen LogP contribution in [0, 0.1) is 11.3 Å². The van der Waals surface area contributed by atoms with Crippen LogP contribution < -0.4 is 5.32 Å². The number of nitriles is 1. The second kappa shape index (κ2) is 7.25. The minimum Gasteiger partial charge on any atom is -0.349 e. The van der Waals surface area contributed by atoms with Crippen molar-refractivity contribution >= 4 is 23.3 Å². The van der Waals surface area contributed by atoms with Crippen molar-refractivity contribution in [2.75, 3.05) is 0 Å². The summed E-state index contributed by atoms with van der Waals surface area (Å²) in [6.45, 7) is 2.10. The van der Waals surface area contributed by atoms with Gasteiger partial charge in [0.05, 0.1) is 0 Å². The number of rotatable bonds is 4. The van der Waals surface area contributed by atoms with Gasteiger partial charge in [0, 0.05) is 15.8 Å². The fourth-order valence-corrected chi connectivity index (χ4v) is 3.36. The standard InChI is InChI=1S/C16H20N2OS/c1-2-14-8-9-15(20-14)10-12(11-17)16(19)18-13-6-4-3-5-7-13/h8-10,13H,2-7H2,1H3,(H,18,19). The van der Waals surface area contributed by atoms with Gasteiger partial charge >= 0.3 is 0 Å². The first kappa shape index (κ1) is 14.8. The van der Waals surface area contributed by atoms with Crippen molar-refractivity contribution in [2.24, 2.45) is 0 Å². The molecule has 1 saturated carbocycles. The van der Waals surface area contributed by atoms with Gasteiger partial charge in [0.15, 0.2) is 0 Å². The van der Waals surface area contributed by atoms with Crippen LogP contribution >= 0.6 is 11.3 Å². The van der Waals surface area contributed by atoms with E-state index in [4.69, 9.17) is 0 Å². The van der Waals surface area contributed by atoms with Gasteiger partial charge in [0.25, 0.3) is 5.91 Å². The van der Waals surface area contributed by atoms with E-state index in [1.165, 1.54) is 24.1 Å². The molecule has 0 spiro atoms. The summed E-state index contributed by atoms with van der Waals surface area (Å²) in [4.78, 5) is 14.4. The van der Waals surface area contributed by atoms with Crippen molar-refractivity contribution in [3.05, 3.63) is 27.5 Å². The average molecular weight is 288 g/mol. The number of amides is 1. The molecular weight excluding hydrogens is 268 g/mol. The van der Waals surface area contributed by atoms with E-state index in [2.05, 4.69) is 12.2 Å². The van der Waals surface area contributed by atoms with Crippen molar-refractivity contribution in [3.63, 3.8) is 0 Å². The Bertz CT molecular complexity index is 533. The Morgan fingerprint density at radius 1 is 1.45 bits per heavy atom. The minimum absolute atomic E-state index is 0.208. The van der Waals surface area contributed by atoms with E-state index in [0.29, 0.717) is 0 Å². The molecule has 4 heteroatoms. The molecule has 106 valence electrons. The monoisotopic (exact) mass is 288 g/mol. The van der Waals surface area contributed by atoms with Crippen molar-refractivity contribution in [1.82, 2.24) is 5.32 Å². The number of nitrogens with zero attached hydrogens (tertiary/aromatic N) is 1. The fraction of sp³-hybridized carbons (Fsp3) is 0.500. The first-order chi connectivity index (χ1) is 9.72. The van der Waals surface area contributed by atoms with Crippen molar-refractivity contribution in [2.45, 2.75) is 51.5 Å². The molecule has 0 atom stereocenters. The Morgan fingerprint density at radius 3 is 2.80 bits per heavy atom. The molecule has 1 heterocycles. The van der Waals surface area contributed by atoms with Gasteiger partial charge in [-0.25, -0.2) is 0 Å². The predicted molar refractivity (Wildman–Crippen MR) is 82.3 cm³/mol. The lowest BCUT2D eigenvalue weighted by Crippen LogP contribution is -2.36. The highest BCUT2D eigenvalue weighted by molar-refractivity contribution is 7.12. The summed E-state index contributed by atoms with van der Waals surface area (Å²) in [7, 11) is 0. The minimum atomic E-state index is -0.231. The maximum absolute atomic E-state index is 12.1. The normalized spacial score (nSPS) is 16.7. The van der Waals surface area contributed by atoms with Gasteiger partial charge in [0.2, 0.25) is 0 Å². The number of hydrogen-bond donors (Lipinski definition) is 1. The largest absolute Gasteiger partial charge is 0.349 e. The van der Waals surface area contributed by atoms with E-state index in [1.54, 1.807) is 17.4 Å². The van der Waals surface area contributed by atoms with Crippen LogP contribution in [0.15, 0.2) is 17.7 Å². The molecule has 1 fully saturated rings. The number of nitrogens with one attached hydrogen (secondary N) is 1. The molecule has 1 aliphatic carbocycles. The molecule has 1 amide bonds. The molecular formula is C16H20N2OS. The maximum atomic E-state index is 12.1. The molecule has 0 unspecified atom stereocenters. The van der Waals surface area contributed by atoms with Crippen LogP contribution in [-0.2, 0) is 11.2 Å². The Balaban J connectivity index is 2.03. The second-order valence-corrected chi connectivity index (χ2v) is 6.34. The molecule has 0 bridgehead atoms. The SMILES string of the molecule is CCc1ccc(C=C(C#N)C(=O)NC2CCCCC2)s1. The summed E-state index contributed by atoms with van der Waals surface area (Å²) in [5.74, 6) is -0.231. The Kier molecular flexibility index (Phi) is 5.37. The molecule has 0 radical (unpaired) electrons. The summed E-state index contributed by atoms with van der Waals surface area (Å²) in [6.07, 6.45) is 8.33. The van der Waals surface area contributed by atoms with Gasteiger partial charge < -0.3 is 5.32 Å². The number of hydrogen-bond acceptors (Lipinski definition) is 3. The number of thiophene rings is 1. The van der Waals surface area contributed by atoms with Crippen LogP contribution in [-0.4, -0.2) is 11.9 Å². The third-order valence-corrected chi connectivity index (χ3v) is 4.80. The number of carbonyl (C=O) groups excluding carboxylic acids is 1. The Morgan fingerprint density at radius 2 is 2.20 bits per heavy atom. The third kappa shape index (κ3) is 3.94. The Labute approximate surface area is 124 Å². The van der Waals surface area contributed by atoms with Crippen LogP contribution in [0.1, 0.15) is 48.8 Å². The summed E-state index contributed by atoms with van der Waals surface area (Å²) in [5, 5.41) is 12.2. The maximum Gasteiger partial charge on any atom is 0.262 e. The van der Waals surface area contributed by atoms with Crippen LogP contribution in [0.4, 0.5) is 0 Å². The summed E-state index contributed by atoms with van der Waals surface area (Å²) < 4.78 is 0. The molecule has 0 aliphatic heterocycles. The zero-order valence-electron chi connectivity index (χ0n) is 11.8. The average Bonchev–Trinajstić information content (AvgIpc) is 2.93. The van der Waals surface area contributed by atoms with Crippen LogP contribution in [0.5, 0.6) is 0 Å². The molecule has 3 nitrogen and oxygen atoms in total. The van der Waals surface area contributed by atoms with E-state index in [-0.39, 0.29) is 17.5 Å². The summed E-state index contributed by atoms with van der Waals surface area (Å²) >= 11 is 1.63. The van der Waals surface area contributed by atoms with Crippen molar-refractivity contribution in [1.29, 1.82) is 5.26 Å². The highest BCUT2D eigenvalue weighted by Crippen LogP contribution is 2.21. The first-order valence-electron chi connectivity index (χ1n) is 7.24. The topological polar surface area (TPSA) is 52.9 Å². The van der Waals surface area contributed by atoms with Crippen molar-refractivity contribution < 1.29 is 4.79 Å². The van der Waals surface area contributed by atoms with Gasteiger partial charge in [-0.2, -0.15) is 5.26 Å². The van der Waals surface area contributed by atoms with Gasteiger partial charge in [-0.3, -0.25) is 4.79 Å². The fourth-order valence-electron chi connectivity index (χ4n) is 2.46. The highest BCUT2D eigenvalue weighted by Gasteiger charge is 2.18. The second-order valence-electron chi connectivity index (χ2n) is 5.14. The van der Waals surface area contributed by atoms with E-state index >= 15 is 0 Å². The number of carbonyl (C=O) groups is 1. The lowest BCUT2D eigenvalue weighted by molar-refractivity contribution is -0.117. The molecule has 1 aromatic heterocycles. The zero-order valence-corrected chi connectivity index (χ0v) is 12.6. The van der Waals surface area contributed by atoms with E-state index in [1.807, 2.05) is 18.2 Å². The molecule has 1 N–H and O–H groups in total. The lowest BCUT2D eigenvalue weighted by Gasteiger charge is -2.22. The first-order valence-corrected chi connectivity index (χ1v) is 8.06. The zero-order chi connectivity index (χ0) is 14.4. The lowest BCUT2D eigenvalue weighted by atomic mass is 9.95. The molecule has 0 aromatic carbocycles. The van der Waals surface area contributed by atoms with Gasteiger partial charge in [-0.15, -0.1) is 11.3 Å². The van der Waals surface area contributed by atoms with Crippen LogP contribution in [0.25, 0.3) is 6.08 Å². The summed E-state index contributed by atoms with van der Waals surface area (Å²) in [6, 6.07) is 6.27. The third-order valence-electron chi connectivity index (χ3n) is 3.62. The van der Waals surface area contributed by atoms with Crippen LogP contribution in [0.3, 0.4) is 0 Å². The molecule has 2 rings (SSSR count). The van der Waals surface area contributed by atoms with Crippen LogP contribution in [0.2, 0.25) is 0 Å². The highest BCUT2D eigenvalue weighted by atomic mass is 32.1. The molecule has 20 heavy (non-hydrogen) atoms. The van der Waals surface area contributed by atoms with E-state index in [9.17, 15) is 10.1 Å². The summed E-state index contributed by atoms with van der Waals surface area (Å²) in [5.41, 5.74) is 0.208. The van der Waals surface area contributed by atoms with E-state index in [0.717, 1.165) is 24.1 Å². The van der Waals surface area contributed by atoms with E-state index < -0.39 is 0 Å². The van der Waals surface area contributed by atoms with Gasteiger partial charge in [-0.05, 0) is 37.5 Å². The quantitative estimate of drug-likeness (QED) is 0.679. The van der Waals surface area contributed by atoms with Gasteiger partial charge in [0.1, 0.15) is 11.6 Å². The van der Waals surface area contributed by atoms with Gasteiger partial charge in [-0.1, -0.05) is 26.2 Å². The Hall–Kier alpha value is -1.60. The number of aryl methyl sites for hydroxylation is 1. The predicted octanol–water partition coefficient (Wildman–Crippen LogP) is 3.67. The van der Waals surface area contributed by atoms with Crippen molar-refractivity contribution in [3.8, 4) is 6.07 Å².